The van der Waals surface area contributed by atoms with E-state index in [1.807, 2.05) is 34.9 Å². The summed E-state index contributed by atoms with van der Waals surface area (Å²) in [7, 11) is 6.73. The molecule has 0 saturated heterocycles. The third-order valence-electron chi connectivity index (χ3n) is 7.84. The zero-order valence-corrected chi connectivity index (χ0v) is 30.2. The molecular weight excluding hydrogens is 695 g/mol. The highest BCUT2D eigenvalue weighted by Gasteiger charge is 2.21. The van der Waals surface area contributed by atoms with Crippen LogP contribution in [0.4, 0.5) is 11.5 Å². The number of rotatable bonds is 15. The van der Waals surface area contributed by atoms with Gasteiger partial charge in [-0.15, -0.1) is 0 Å². The lowest BCUT2D eigenvalue weighted by atomic mass is 10.1. The molecule has 0 saturated carbocycles. The molecule has 3 heterocycles. The number of ether oxygens (including phenoxy) is 2. The fraction of sp³-hybridized carbons (Fsp3) is 0.278. The molecule has 0 radical (unpaired) electrons. The van der Waals surface area contributed by atoms with Crippen LogP contribution in [0.25, 0.3) is 11.0 Å². The Morgan fingerprint density at radius 2 is 1.76 bits per heavy atom. The molecule has 0 bridgehead atoms. The van der Waals surface area contributed by atoms with Crippen molar-refractivity contribution in [2.24, 2.45) is 0 Å². The normalized spacial score (nSPS) is 11.0. The Balaban J connectivity index is 1.18. The summed E-state index contributed by atoms with van der Waals surface area (Å²) in [4.78, 5) is 54.0. The van der Waals surface area contributed by atoms with E-state index < -0.39 is 0 Å². The van der Waals surface area contributed by atoms with Gasteiger partial charge in [-0.3, -0.25) is 23.9 Å². The number of aromatic nitrogens is 4. The second-order valence-electron chi connectivity index (χ2n) is 11.8. The van der Waals surface area contributed by atoms with Crippen LogP contribution in [0, 0.1) is 0 Å². The summed E-state index contributed by atoms with van der Waals surface area (Å²) < 4.78 is 13.7. The topological polar surface area (TPSA) is 144 Å². The second-order valence-corrected chi connectivity index (χ2v) is 12.6. The minimum absolute atomic E-state index is 0.00288. The van der Waals surface area contributed by atoms with Crippen LogP contribution in [0.1, 0.15) is 23.2 Å². The summed E-state index contributed by atoms with van der Waals surface area (Å²) in [6.45, 7) is 0.458. The number of carbonyl (C=O) groups excluding carboxylic acids is 3. The number of aryl methyl sites for hydroxylation is 1. The van der Waals surface area contributed by atoms with Crippen LogP contribution in [0.15, 0.2) is 73.1 Å². The molecule has 0 aliphatic heterocycles. The Morgan fingerprint density at radius 3 is 2.47 bits per heavy atom. The molecule has 3 amide bonds. The SMILES string of the molecule is COc1nc2c(OCc3c(Cl)ccc(N(C)C(=O)CNC(=O)CCc4ccc(NC(=O)CN(C)C)nc4)c3Cl)cccc2n1Cc1ccccn1. The Kier molecular flexibility index (Phi) is 12.4. The van der Waals surface area contributed by atoms with E-state index in [2.05, 4.69) is 25.6 Å². The van der Waals surface area contributed by atoms with E-state index in [0.717, 1.165) is 16.8 Å². The van der Waals surface area contributed by atoms with Gasteiger partial charge in [0.25, 0.3) is 6.01 Å². The van der Waals surface area contributed by atoms with Crippen LogP contribution >= 0.6 is 23.2 Å². The number of halogens is 2. The average Bonchev–Trinajstić information content (AvgIpc) is 3.47. The zero-order valence-electron chi connectivity index (χ0n) is 28.7. The number of hydrogen-bond acceptors (Lipinski definition) is 9. The number of methoxy groups -OCH3 is 1. The summed E-state index contributed by atoms with van der Waals surface area (Å²) in [5, 5.41) is 5.99. The van der Waals surface area contributed by atoms with Crippen LogP contribution in [0.2, 0.25) is 10.0 Å². The van der Waals surface area contributed by atoms with Crippen LogP contribution in [0.5, 0.6) is 11.8 Å². The highest BCUT2D eigenvalue weighted by atomic mass is 35.5. The van der Waals surface area contributed by atoms with Crippen molar-refractivity contribution in [2.75, 3.05) is 51.6 Å². The van der Waals surface area contributed by atoms with E-state index in [1.165, 1.54) is 4.90 Å². The largest absolute Gasteiger partial charge is 0.486 e. The van der Waals surface area contributed by atoms with Gasteiger partial charge in [-0.05, 0) is 68.5 Å². The maximum atomic E-state index is 13.1. The maximum absolute atomic E-state index is 13.1. The van der Waals surface area contributed by atoms with E-state index in [4.69, 9.17) is 32.7 Å². The Morgan fingerprint density at radius 1 is 0.941 bits per heavy atom. The number of pyridine rings is 2. The first-order valence-electron chi connectivity index (χ1n) is 16.0. The maximum Gasteiger partial charge on any atom is 0.297 e. The van der Waals surface area contributed by atoms with E-state index in [-0.39, 0.29) is 48.9 Å². The molecule has 5 rings (SSSR count). The highest BCUT2D eigenvalue weighted by molar-refractivity contribution is 6.38. The number of anilines is 2. The standard InChI is InChI=1S/C36H38Cl2N8O5/c1-44(2)21-32(48)42-30-15-11-23(18-40-30)12-16-31(47)41-19-33(49)45(3)27-14-13-26(37)25(34(27)38)22-51-29-10-7-9-28-35(29)43-36(50-4)46(28)20-24-8-5-6-17-39-24/h5-11,13-15,17-18H,12,16,19-22H2,1-4H3,(H,41,47)(H,40,42,48). The van der Waals surface area contributed by atoms with Gasteiger partial charge in [-0.25, -0.2) is 4.98 Å². The highest BCUT2D eigenvalue weighted by Crippen LogP contribution is 2.36. The molecule has 0 fully saturated rings. The number of imidazole rings is 1. The second kappa shape index (κ2) is 17.1. The molecule has 2 aromatic carbocycles. The van der Waals surface area contributed by atoms with Crippen molar-refractivity contribution in [1.29, 1.82) is 0 Å². The lowest BCUT2D eigenvalue weighted by Crippen LogP contribution is -2.38. The summed E-state index contributed by atoms with van der Waals surface area (Å²) >= 11 is 13.3. The first kappa shape index (κ1) is 37.0. The quantitative estimate of drug-likeness (QED) is 0.152. The lowest BCUT2D eigenvalue weighted by Gasteiger charge is -2.21. The smallest absolute Gasteiger partial charge is 0.297 e. The van der Waals surface area contributed by atoms with Gasteiger partial charge in [-0.2, -0.15) is 4.98 Å². The van der Waals surface area contributed by atoms with Crippen LogP contribution in [-0.4, -0.2) is 83.5 Å². The monoisotopic (exact) mass is 732 g/mol. The predicted octanol–water partition coefficient (Wildman–Crippen LogP) is 4.98. The van der Waals surface area contributed by atoms with Crippen LogP contribution < -0.4 is 25.0 Å². The summed E-state index contributed by atoms with van der Waals surface area (Å²) in [6.07, 6.45) is 3.90. The van der Waals surface area contributed by atoms with Crippen molar-refractivity contribution in [1.82, 2.24) is 29.7 Å². The van der Waals surface area contributed by atoms with Gasteiger partial charge in [0, 0.05) is 36.4 Å². The molecular formula is C36H38Cl2N8O5. The first-order chi connectivity index (χ1) is 24.5. The third-order valence-corrected chi connectivity index (χ3v) is 8.61. The minimum Gasteiger partial charge on any atom is -0.486 e. The zero-order chi connectivity index (χ0) is 36.5. The van der Waals surface area contributed by atoms with Gasteiger partial charge in [0.05, 0.1) is 48.7 Å². The number of para-hydroxylation sites is 1. The predicted molar refractivity (Wildman–Crippen MR) is 197 cm³/mol. The number of amides is 3. The van der Waals surface area contributed by atoms with Gasteiger partial charge >= 0.3 is 0 Å². The number of nitrogens with one attached hydrogen (secondary N) is 2. The van der Waals surface area contributed by atoms with E-state index in [0.29, 0.717) is 52.3 Å². The third kappa shape index (κ3) is 9.51. The summed E-state index contributed by atoms with van der Waals surface area (Å²) in [5.74, 6) is 0.0734. The van der Waals surface area contributed by atoms with Gasteiger partial charge in [0.15, 0.2) is 0 Å². The molecule has 0 spiro atoms. The molecule has 0 unspecified atom stereocenters. The molecule has 15 heteroatoms. The van der Waals surface area contributed by atoms with Crippen molar-refractivity contribution in [3.63, 3.8) is 0 Å². The van der Waals surface area contributed by atoms with Gasteiger partial charge in [0.2, 0.25) is 17.7 Å². The molecule has 0 aliphatic rings. The van der Waals surface area contributed by atoms with Crippen molar-refractivity contribution in [2.45, 2.75) is 26.0 Å². The molecule has 13 nitrogen and oxygen atoms in total. The van der Waals surface area contributed by atoms with Crippen molar-refractivity contribution in [3.8, 4) is 11.8 Å². The number of hydrogen-bond donors (Lipinski definition) is 2. The minimum atomic E-state index is -0.380. The van der Waals surface area contributed by atoms with Crippen molar-refractivity contribution < 1.29 is 23.9 Å². The molecule has 266 valence electrons. The molecule has 2 N–H and O–H groups in total. The van der Waals surface area contributed by atoms with E-state index in [1.54, 1.807) is 75.9 Å². The van der Waals surface area contributed by atoms with Crippen LogP contribution in [0.3, 0.4) is 0 Å². The Labute approximate surface area is 305 Å². The fourth-order valence-electron chi connectivity index (χ4n) is 5.19. The summed E-state index contributed by atoms with van der Waals surface area (Å²) in [6, 6.07) is 18.4. The molecule has 0 aliphatic carbocycles. The number of benzene rings is 2. The first-order valence-corrected chi connectivity index (χ1v) is 16.7. The lowest BCUT2D eigenvalue weighted by molar-refractivity contribution is -0.124. The van der Waals surface area contributed by atoms with Crippen molar-refractivity contribution in [3.05, 3.63) is 99.9 Å². The molecule has 3 aromatic heterocycles. The molecule has 5 aromatic rings. The Hall–Kier alpha value is -5.24. The van der Waals surface area contributed by atoms with Crippen molar-refractivity contribution >= 4 is 63.5 Å². The number of carbonyl (C=O) groups is 3. The van der Waals surface area contributed by atoms with Crippen LogP contribution in [-0.2, 0) is 34.0 Å². The number of fused-ring (bicyclic) bond motifs is 1. The van der Waals surface area contributed by atoms with E-state index in [9.17, 15) is 14.4 Å². The number of likely N-dealkylation sites (N-methyl/N-ethyl adjacent to an activating group) is 2. The molecule has 51 heavy (non-hydrogen) atoms. The average molecular weight is 734 g/mol. The van der Waals surface area contributed by atoms with Gasteiger partial charge < -0.3 is 29.9 Å². The summed E-state index contributed by atoms with van der Waals surface area (Å²) in [5.41, 5.74) is 3.93. The number of nitrogens with zero attached hydrogens (tertiary/aromatic N) is 6. The van der Waals surface area contributed by atoms with Gasteiger partial charge in [0.1, 0.15) is 23.7 Å². The molecule has 0 atom stereocenters. The Bertz CT molecular complexity index is 2010. The van der Waals surface area contributed by atoms with E-state index >= 15 is 0 Å². The van der Waals surface area contributed by atoms with Gasteiger partial charge in [-0.1, -0.05) is 41.4 Å². The fourth-order valence-corrected chi connectivity index (χ4v) is 5.80.